The monoisotopic (exact) mass is 525 g/mol. The Kier molecular flexibility index (Phi) is 7.96. The van der Waals surface area contributed by atoms with Crippen LogP contribution in [0.5, 0.6) is 5.75 Å². The Balaban J connectivity index is 2.46. The van der Waals surface area contributed by atoms with Crippen LogP contribution < -0.4 is 10.2 Å². The fraction of sp³-hybridized carbons (Fsp3) is 0.280. The van der Waals surface area contributed by atoms with E-state index in [9.17, 15) is 9.59 Å². The number of aromatic nitrogens is 1. The molecular formula is C25H23Cl3FNO4. The Morgan fingerprint density at radius 2 is 1.76 bits per heavy atom. The van der Waals surface area contributed by atoms with E-state index >= 15 is 4.39 Å². The molecule has 0 aliphatic carbocycles. The zero-order valence-corrected chi connectivity index (χ0v) is 21.5. The van der Waals surface area contributed by atoms with Gasteiger partial charge < -0.3 is 14.0 Å². The maximum Gasteiger partial charge on any atom is 0.344 e. The van der Waals surface area contributed by atoms with Crippen molar-refractivity contribution in [2.75, 3.05) is 7.11 Å². The molecule has 9 heteroatoms. The van der Waals surface area contributed by atoms with Crippen LogP contribution in [0.4, 0.5) is 4.39 Å². The number of nitrogens with zero attached hydrogens (tertiary/aromatic N) is 1. The third-order valence-corrected chi connectivity index (χ3v) is 6.31. The molecule has 0 aliphatic heterocycles. The van der Waals surface area contributed by atoms with E-state index in [2.05, 4.69) is 0 Å². The zero-order chi connectivity index (χ0) is 25.3. The van der Waals surface area contributed by atoms with Gasteiger partial charge in [-0.05, 0) is 52.0 Å². The van der Waals surface area contributed by atoms with Crippen LogP contribution >= 0.6 is 34.8 Å². The van der Waals surface area contributed by atoms with Gasteiger partial charge in [-0.25, -0.2) is 9.18 Å². The number of carbonyl (C=O) groups is 1. The molecule has 0 saturated carbocycles. The summed E-state index contributed by atoms with van der Waals surface area (Å²) < 4.78 is 27.5. The highest BCUT2D eigenvalue weighted by molar-refractivity contribution is 6.42. The lowest BCUT2D eigenvalue weighted by Crippen LogP contribution is -2.26. The predicted molar refractivity (Wildman–Crippen MR) is 134 cm³/mol. The molecule has 0 saturated heterocycles. The van der Waals surface area contributed by atoms with E-state index < -0.39 is 17.2 Å². The highest BCUT2D eigenvalue weighted by atomic mass is 35.5. The zero-order valence-electron chi connectivity index (χ0n) is 19.3. The van der Waals surface area contributed by atoms with Gasteiger partial charge in [0, 0.05) is 23.4 Å². The number of hydrogen-bond donors (Lipinski definition) is 0. The quantitative estimate of drug-likeness (QED) is 0.319. The molecule has 2 aromatic carbocycles. The van der Waals surface area contributed by atoms with Crippen LogP contribution in [-0.4, -0.2) is 23.8 Å². The maximum atomic E-state index is 15.1. The van der Waals surface area contributed by atoms with Gasteiger partial charge in [0.25, 0.3) is 0 Å². The van der Waals surface area contributed by atoms with Crippen molar-refractivity contribution < 1.29 is 18.7 Å². The van der Waals surface area contributed by atoms with Gasteiger partial charge in [-0.15, -0.1) is 0 Å². The number of pyridine rings is 1. The SMILES string of the molecule is CCn1c(C)c(-c2cc(OC(C)C)c(Cl)cc2F)c(=O)c(C(=O)OC)c1-c1ccc(Cl)c(Cl)c1. The summed E-state index contributed by atoms with van der Waals surface area (Å²) >= 11 is 18.4. The molecule has 5 nitrogen and oxygen atoms in total. The summed E-state index contributed by atoms with van der Waals surface area (Å²) in [7, 11) is 1.17. The normalized spacial score (nSPS) is 11.1. The van der Waals surface area contributed by atoms with Crippen molar-refractivity contribution >= 4 is 40.8 Å². The van der Waals surface area contributed by atoms with E-state index in [1.54, 1.807) is 43.5 Å². The second-order valence-electron chi connectivity index (χ2n) is 7.81. The summed E-state index contributed by atoms with van der Waals surface area (Å²) in [4.78, 5) is 26.6. The minimum absolute atomic E-state index is 0.00818. The van der Waals surface area contributed by atoms with Gasteiger partial charge in [0.15, 0.2) is 0 Å². The second kappa shape index (κ2) is 10.4. The number of ether oxygens (including phenoxy) is 2. The van der Waals surface area contributed by atoms with Crippen LogP contribution in [-0.2, 0) is 11.3 Å². The number of esters is 1. The molecule has 1 heterocycles. The van der Waals surface area contributed by atoms with Crippen LogP contribution in [0.25, 0.3) is 22.4 Å². The first kappa shape index (κ1) is 26.1. The maximum absolute atomic E-state index is 15.1. The lowest BCUT2D eigenvalue weighted by molar-refractivity contribution is 0.0599. The van der Waals surface area contributed by atoms with Crippen LogP contribution in [0, 0.1) is 12.7 Å². The van der Waals surface area contributed by atoms with Crippen molar-refractivity contribution in [3.05, 3.63) is 72.7 Å². The van der Waals surface area contributed by atoms with Crippen LogP contribution in [0.2, 0.25) is 15.1 Å². The molecule has 180 valence electrons. The second-order valence-corrected chi connectivity index (χ2v) is 9.03. The molecule has 3 aromatic rings. The number of hydrogen-bond acceptors (Lipinski definition) is 4. The van der Waals surface area contributed by atoms with E-state index in [0.717, 1.165) is 6.07 Å². The summed E-state index contributed by atoms with van der Waals surface area (Å²) in [6, 6.07) is 7.25. The van der Waals surface area contributed by atoms with E-state index in [1.807, 2.05) is 6.92 Å². The number of rotatable bonds is 6. The first-order valence-corrected chi connectivity index (χ1v) is 11.6. The number of carbonyl (C=O) groups excluding carboxylic acids is 1. The van der Waals surface area contributed by atoms with Crippen LogP contribution in [0.15, 0.2) is 35.1 Å². The minimum atomic E-state index is -0.859. The molecular weight excluding hydrogens is 504 g/mol. The molecule has 0 aliphatic rings. The highest BCUT2D eigenvalue weighted by Gasteiger charge is 2.28. The molecule has 0 atom stereocenters. The molecule has 0 fully saturated rings. The lowest BCUT2D eigenvalue weighted by Gasteiger charge is -2.22. The summed E-state index contributed by atoms with van der Waals surface area (Å²) in [6.45, 7) is 7.49. The van der Waals surface area contributed by atoms with Gasteiger partial charge in [-0.1, -0.05) is 40.9 Å². The van der Waals surface area contributed by atoms with E-state index in [1.165, 1.54) is 13.2 Å². The van der Waals surface area contributed by atoms with Gasteiger partial charge in [0.2, 0.25) is 5.43 Å². The van der Waals surface area contributed by atoms with Crippen molar-refractivity contribution in [1.29, 1.82) is 0 Å². The van der Waals surface area contributed by atoms with Crippen molar-refractivity contribution in [2.45, 2.75) is 40.3 Å². The minimum Gasteiger partial charge on any atom is -0.489 e. The molecule has 0 unspecified atom stereocenters. The number of benzene rings is 2. The Labute approximate surface area is 212 Å². The molecule has 0 radical (unpaired) electrons. The molecule has 3 rings (SSSR count). The van der Waals surface area contributed by atoms with Crippen LogP contribution in [0.1, 0.15) is 36.8 Å². The smallest absolute Gasteiger partial charge is 0.344 e. The lowest BCUT2D eigenvalue weighted by atomic mass is 9.95. The third-order valence-electron chi connectivity index (χ3n) is 5.28. The van der Waals surface area contributed by atoms with Crippen molar-refractivity contribution in [2.24, 2.45) is 0 Å². The fourth-order valence-electron chi connectivity index (χ4n) is 3.85. The van der Waals surface area contributed by atoms with E-state index in [0.29, 0.717) is 28.5 Å². The van der Waals surface area contributed by atoms with Crippen molar-refractivity contribution in [1.82, 2.24) is 4.57 Å². The molecule has 1 aromatic heterocycles. The van der Waals surface area contributed by atoms with E-state index in [4.69, 9.17) is 44.3 Å². The van der Waals surface area contributed by atoms with Gasteiger partial charge in [-0.2, -0.15) is 0 Å². The third kappa shape index (κ3) is 4.81. The Morgan fingerprint density at radius 1 is 1.09 bits per heavy atom. The highest BCUT2D eigenvalue weighted by Crippen LogP contribution is 2.37. The molecule has 0 spiro atoms. The van der Waals surface area contributed by atoms with E-state index in [-0.39, 0.29) is 38.6 Å². The average molecular weight is 527 g/mol. The molecule has 0 amide bonds. The van der Waals surface area contributed by atoms with Gasteiger partial charge in [-0.3, -0.25) is 4.79 Å². The average Bonchev–Trinajstić information content (AvgIpc) is 2.77. The summed E-state index contributed by atoms with van der Waals surface area (Å²) in [5.74, 6) is -1.35. The fourth-order valence-corrected chi connectivity index (χ4v) is 4.34. The summed E-state index contributed by atoms with van der Waals surface area (Å²) in [6.07, 6.45) is -0.230. The summed E-state index contributed by atoms with van der Waals surface area (Å²) in [5.41, 5.74) is 0.272. The Hall–Kier alpha value is -2.54. The first-order valence-electron chi connectivity index (χ1n) is 10.5. The van der Waals surface area contributed by atoms with Gasteiger partial charge in [0.1, 0.15) is 17.1 Å². The standard InChI is InChI=1S/C25H23Cl3FNO4/c1-6-30-13(4)21(15-10-20(34-12(2)3)18(28)11-19(15)29)24(31)22(25(32)33-5)23(30)14-7-8-16(26)17(27)9-14/h7-12H,6H2,1-5H3. The molecule has 0 N–H and O–H groups in total. The molecule has 0 bridgehead atoms. The topological polar surface area (TPSA) is 57.5 Å². The Morgan fingerprint density at radius 3 is 2.32 bits per heavy atom. The van der Waals surface area contributed by atoms with Gasteiger partial charge >= 0.3 is 5.97 Å². The predicted octanol–water partition coefficient (Wildman–Crippen LogP) is 7.18. The number of halogens is 4. The summed E-state index contributed by atoms with van der Waals surface area (Å²) in [5, 5.41) is 0.653. The largest absolute Gasteiger partial charge is 0.489 e. The number of methoxy groups -OCH3 is 1. The first-order chi connectivity index (χ1) is 16.0. The molecule has 34 heavy (non-hydrogen) atoms. The van der Waals surface area contributed by atoms with Crippen molar-refractivity contribution in [3.63, 3.8) is 0 Å². The van der Waals surface area contributed by atoms with Gasteiger partial charge in [0.05, 0.1) is 39.5 Å². The Bertz CT molecular complexity index is 1330. The van der Waals surface area contributed by atoms with Crippen LogP contribution in [0.3, 0.4) is 0 Å². The van der Waals surface area contributed by atoms with Crippen molar-refractivity contribution in [3.8, 4) is 28.1 Å².